The van der Waals surface area contributed by atoms with Gasteiger partial charge in [-0.25, -0.2) is 4.79 Å². The molecular weight excluding hydrogens is 192 g/mol. The molecule has 1 atom stereocenters. The van der Waals surface area contributed by atoms with Crippen molar-refractivity contribution in [2.45, 2.75) is 70.2 Å². The summed E-state index contributed by atoms with van der Waals surface area (Å²) in [6, 6.07) is 0. The van der Waals surface area contributed by atoms with Gasteiger partial charge in [0.2, 0.25) is 0 Å². The van der Waals surface area contributed by atoms with Crippen molar-refractivity contribution in [3.05, 3.63) is 0 Å². The second-order valence-corrected chi connectivity index (χ2v) is 5.14. The fourth-order valence-corrected chi connectivity index (χ4v) is 2.62. The molecule has 0 bridgehead atoms. The lowest BCUT2D eigenvalue weighted by molar-refractivity contribution is -0.153. The van der Waals surface area contributed by atoms with Crippen LogP contribution in [0.1, 0.15) is 52.9 Å². The van der Waals surface area contributed by atoms with Gasteiger partial charge in [-0.3, -0.25) is 0 Å². The molecule has 2 fully saturated rings. The maximum absolute atomic E-state index is 11.9. The summed E-state index contributed by atoms with van der Waals surface area (Å²) >= 11 is 0. The number of carbonyl (C=O) groups excluding carboxylic acids is 1. The Balaban J connectivity index is 2.01. The van der Waals surface area contributed by atoms with Crippen molar-refractivity contribution in [3.63, 3.8) is 0 Å². The molecule has 1 saturated carbocycles. The highest BCUT2D eigenvalue weighted by Crippen LogP contribution is 2.57. The molecule has 0 radical (unpaired) electrons. The molecule has 0 aromatic heterocycles. The number of esters is 1. The third-order valence-electron chi connectivity index (χ3n) is 3.62. The fourth-order valence-electron chi connectivity index (χ4n) is 2.62. The number of carbonyl (C=O) groups is 1. The molecule has 2 rings (SSSR count). The Morgan fingerprint density at radius 2 is 1.87 bits per heavy atom. The van der Waals surface area contributed by atoms with Crippen molar-refractivity contribution in [1.29, 1.82) is 0 Å². The van der Waals surface area contributed by atoms with Crippen LogP contribution in [0.25, 0.3) is 0 Å². The number of rotatable bonds is 2. The van der Waals surface area contributed by atoms with Gasteiger partial charge in [0.05, 0.1) is 6.10 Å². The molecule has 3 nitrogen and oxygen atoms in total. The Bertz CT molecular complexity index is 266. The Morgan fingerprint density at radius 1 is 1.27 bits per heavy atom. The quantitative estimate of drug-likeness (QED) is 0.521. The molecule has 0 aromatic carbocycles. The first-order valence-electron chi connectivity index (χ1n) is 5.91. The summed E-state index contributed by atoms with van der Waals surface area (Å²) < 4.78 is 11.0. The van der Waals surface area contributed by atoms with Crippen molar-refractivity contribution < 1.29 is 14.3 Å². The summed E-state index contributed by atoms with van der Waals surface area (Å²) in [5.74, 6) is -0.181. The Kier molecular flexibility index (Phi) is 2.53. The summed E-state index contributed by atoms with van der Waals surface area (Å²) in [5.41, 5.74) is -0.838. The minimum absolute atomic E-state index is 0.0563. The molecule has 1 saturated heterocycles. The Hall–Kier alpha value is -0.570. The highest BCUT2D eigenvalue weighted by molar-refractivity contribution is 5.84. The third kappa shape index (κ3) is 1.67. The van der Waals surface area contributed by atoms with Crippen LogP contribution in [-0.4, -0.2) is 23.3 Å². The van der Waals surface area contributed by atoms with Crippen LogP contribution < -0.4 is 0 Å². The molecule has 0 aromatic rings. The molecule has 2 aliphatic rings. The molecule has 0 N–H and O–H groups in total. The first-order chi connectivity index (χ1) is 7.00. The second-order valence-electron chi connectivity index (χ2n) is 5.14. The molecule has 0 amide bonds. The summed E-state index contributed by atoms with van der Waals surface area (Å²) in [5, 5.41) is 0. The van der Waals surface area contributed by atoms with E-state index in [4.69, 9.17) is 9.47 Å². The molecule has 1 spiro atoms. The molecule has 1 unspecified atom stereocenters. The first kappa shape index (κ1) is 10.9. The smallest absolute Gasteiger partial charge is 0.341 e. The van der Waals surface area contributed by atoms with E-state index in [0.29, 0.717) is 0 Å². The van der Waals surface area contributed by atoms with Crippen molar-refractivity contribution in [3.8, 4) is 0 Å². The number of hydrogen-bond donors (Lipinski definition) is 0. The van der Waals surface area contributed by atoms with Crippen LogP contribution in [0.4, 0.5) is 0 Å². The van der Waals surface area contributed by atoms with Gasteiger partial charge in [0, 0.05) is 0 Å². The van der Waals surface area contributed by atoms with Crippen LogP contribution in [-0.2, 0) is 14.3 Å². The molecule has 3 heteroatoms. The maximum atomic E-state index is 11.9. The van der Waals surface area contributed by atoms with Gasteiger partial charge in [0.1, 0.15) is 5.60 Å². The average Bonchev–Trinajstić information content (AvgIpc) is 2.72. The monoisotopic (exact) mass is 212 g/mol. The summed E-state index contributed by atoms with van der Waals surface area (Å²) in [4.78, 5) is 11.9. The van der Waals surface area contributed by atoms with Crippen molar-refractivity contribution in [2.24, 2.45) is 0 Å². The largest absolute Gasteiger partial charge is 0.461 e. The van der Waals surface area contributed by atoms with Crippen molar-refractivity contribution >= 4 is 5.97 Å². The fraction of sp³-hybridized carbons (Fsp3) is 0.917. The predicted molar refractivity (Wildman–Crippen MR) is 56.5 cm³/mol. The normalized spacial score (nSPS) is 33.1. The molecule has 86 valence electrons. The van der Waals surface area contributed by atoms with E-state index in [2.05, 4.69) is 0 Å². The van der Waals surface area contributed by atoms with Gasteiger partial charge in [-0.15, -0.1) is 0 Å². The minimum atomic E-state index is -0.655. The summed E-state index contributed by atoms with van der Waals surface area (Å²) in [6.07, 6.45) is 5.57. The zero-order chi connectivity index (χ0) is 11.1. The summed E-state index contributed by atoms with van der Waals surface area (Å²) in [7, 11) is 0. The molecule has 1 aliphatic heterocycles. The first-order valence-corrected chi connectivity index (χ1v) is 5.91. The zero-order valence-electron chi connectivity index (χ0n) is 9.84. The van der Waals surface area contributed by atoms with Gasteiger partial charge >= 0.3 is 5.97 Å². The van der Waals surface area contributed by atoms with Gasteiger partial charge in [0.15, 0.2) is 5.60 Å². The van der Waals surface area contributed by atoms with Crippen LogP contribution in [0.15, 0.2) is 0 Å². The zero-order valence-corrected chi connectivity index (χ0v) is 9.84. The van der Waals surface area contributed by atoms with Gasteiger partial charge in [-0.1, -0.05) is 19.3 Å². The molecular formula is C12H20O3. The van der Waals surface area contributed by atoms with E-state index in [0.717, 1.165) is 12.8 Å². The van der Waals surface area contributed by atoms with Crippen LogP contribution in [0.5, 0.6) is 0 Å². The third-order valence-corrected chi connectivity index (χ3v) is 3.62. The second kappa shape index (κ2) is 3.48. The van der Waals surface area contributed by atoms with E-state index in [9.17, 15) is 4.79 Å². The van der Waals surface area contributed by atoms with E-state index < -0.39 is 5.60 Å². The average molecular weight is 212 g/mol. The Morgan fingerprint density at radius 3 is 2.40 bits per heavy atom. The predicted octanol–water partition coefficient (Wildman–Crippen LogP) is 2.43. The lowest BCUT2D eigenvalue weighted by Gasteiger charge is -2.21. The van der Waals surface area contributed by atoms with E-state index >= 15 is 0 Å². The summed E-state index contributed by atoms with van der Waals surface area (Å²) in [6.45, 7) is 5.62. The van der Waals surface area contributed by atoms with E-state index in [1.807, 2.05) is 20.8 Å². The standard InChI is InChI=1S/C12H20O3/c1-9(2)14-10(13)11(3)12(15-11)7-5-4-6-8-12/h9H,4-8H2,1-3H3. The van der Waals surface area contributed by atoms with Crippen LogP contribution in [0.3, 0.4) is 0 Å². The van der Waals surface area contributed by atoms with Gasteiger partial charge in [-0.05, 0) is 33.6 Å². The van der Waals surface area contributed by atoms with Gasteiger partial charge < -0.3 is 9.47 Å². The van der Waals surface area contributed by atoms with Gasteiger partial charge in [0.25, 0.3) is 0 Å². The topological polar surface area (TPSA) is 38.8 Å². The molecule has 1 heterocycles. The van der Waals surface area contributed by atoms with Crippen LogP contribution >= 0.6 is 0 Å². The molecule has 1 aliphatic carbocycles. The lowest BCUT2D eigenvalue weighted by Crippen LogP contribution is -2.35. The number of hydrogen-bond acceptors (Lipinski definition) is 3. The maximum Gasteiger partial charge on any atom is 0.341 e. The van der Waals surface area contributed by atoms with E-state index in [1.54, 1.807) is 0 Å². The lowest BCUT2D eigenvalue weighted by atomic mass is 9.81. The number of ether oxygens (including phenoxy) is 2. The van der Waals surface area contributed by atoms with Crippen LogP contribution in [0, 0.1) is 0 Å². The molecule has 15 heavy (non-hydrogen) atoms. The van der Waals surface area contributed by atoms with Crippen molar-refractivity contribution in [2.75, 3.05) is 0 Å². The Labute approximate surface area is 91.1 Å². The number of epoxide rings is 1. The SMILES string of the molecule is CC(C)OC(=O)C1(C)OC12CCCCC2. The van der Waals surface area contributed by atoms with E-state index in [-0.39, 0.29) is 17.7 Å². The minimum Gasteiger partial charge on any atom is -0.461 e. The van der Waals surface area contributed by atoms with Gasteiger partial charge in [-0.2, -0.15) is 0 Å². The highest BCUT2D eigenvalue weighted by atomic mass is 16.7. The van der Waals surface area contributed by atoms with Crippen molar-refractivity contribution in [1.82, 2.24) is 0 Å². The van der Waals surface area contributed by atoms with Crippen LogP contribution in [0.2, 0.25) is 0 Å². The van der Waals surface area contributed by atoms with E-state index in [1.165, 1.54) is 19.3 Å². The highest BCUT2D eigenvalue weighted by Gasteiger charge is 2.71.